The summed E-state index contributed by atoms with van der Waals surface area (Å²) < 4.78 is 0. The normalized spacial score (nSPS) is 10.9. The Morgan fingerprint density at radius 1 is 1.24 bits per heavy atom. The summed E-state index contributed by atoms with van der Waals surface area (Å²) in [4.78, 5) is 8.88. The monoisotopic (exact) mass is 301 g/mol. The van der Waals surface area contributed by atoms with Crippen LogP contribution in [0.25, 0.3) is 0 Å². The van der Waals surface area contributed by atoms with Gasteiger partial charge in [0.25, 0.3) is 0 Å². The van der Waals surface area contributed by atoms with Crippen molar-refractivity contribution in [1.82, 2.24) is 9.97 Å². The van der Waals surface area contributed by atoms with Crippen LogP contribution in [0.1, 0.15) is 43.4 Å². The Kier molecular flexibility index (Phi) is 5.62. The summed E-state index contributed by atoms with van der Waals surface area (Å²) in [6.45, 7) is 9.47. The van der Waals surface area contributed by atoms with Crippen molar-refractivity contribution in [2.24, 2.45) is 0 Å². The van der Waals surface area contributed by atoms with Crippen LogP contribution in [-0.2, 0) is 5.75 Å². The zero-order valence-corrected chi connectivity index (χ0v) is 14.0. The van der Waals surface area contributed by atoms with Gasteiger partial charge in [0.15, 0.2) is 0 Å². The molecular formula is C17H23N3S. The molecular weight excluding hydrogens is 278 g/mol. The lowest BCUT2D eigenvalue weighted by Crippen LogP contribution is -2.07. The zero-order chi connectivity index (χ0) is 15.2. The van der Waals surface area contributed by atoms with Gasteiger partial charge in [-0.05, 0) is 25.3 Å². The number of thioether (sulfide) groups is 1. The van der Waals surface area contributed by atoms with E-state index < -0.39 is 0 Å². The maximum Gasteiger partial charge on any atom is 0.133 e. The largest absolute Gasteiger partial charge is 0.370 e. The van der Waals surface area contributed by atoms with Crippen LogP contribution in [0.3, 0.4) is 0 Å². The first-order valence-electron chi connectivity index (χ1n) is 7.39. The van der Waals surface area contributed by atoms with Crippen molar-refractivity contribution >= 4 is 17.6 Å². The van der Waals surface area contributed by atoms with Crippen LogP contribution in [0.4, 0.5) is 5.82 Å². The van der Waals surface area contributed by atoms with Crippen LogP contribution in [0.15, 0.2) is 35.6 Å². The number of benzene rings is 1. The van der Waals surface area contributed by atoms with Crippen LogP contribution in [0.2, 0.25) is 0 Å². The third-order valence-electron chi connectivity index (χ3n) is 3.23. The van der Waals surface area contributed by atoms with Crippen molar-refractivity contribution < 1.29 is 0 Å². The van der Waals surface area contributed by atoms with Crippen LogP contribution in [0, 0.1) is 6.92 Å². The average molecular weight is 301 g/mol. The Labute approximate surface area is 131 Å². The van der Waals surface area contributed by atoms with Gasteiger partial charge in [-0.2, -0.15) is 0 Å². The van der Waals surface area contributed by atoms with Crippen molar-refractivity contribution in [2.45, 2.75) is 44.4 Å². The van der Waals surface area contributed by atoms with Crippen molar-refractivity contribution in [2.75, 3.05) is 11.9 Å². The van der Waals surface area contributed by atoms with Crippen molar-refractivity contribution in [3.05, 3.63) is 47.3 Å². The van der Waals surface area contributed by atoms with Gasteiger partial charge < -0.3 is 5.32 Å². The third-order valence-corrected chi connectivity index (χ3v) is 4.30. The Hall–Kier alpha value is -1.55. The van der Waals surface area contributed by atoms with E-state index in [1.165, 1.54) is 16.7 Å². The Bertz CT molecular complexity index is 596. The molecule has 0 saturated carbocycles. The van der Waals surface area contributed by atoms with Crippen molar-refractivity contribution in [3.63, 3.8) is 0 Å². The first-order chi connectivity index (χ1) is 10.1. The summed E-state index contributed by atoms with van der Waals surface area (Å²) >= 11 is 1.79. The molecule has 0 fully saturated rings. The Morgan fingerprint density at radius 3 is 2.71 bits per heavy atom. The first kappa shape index (κ1) is 15.8. The highest BCUT2D eigenvalue weighted by Gasteiger charge is 2.15. The molecule has 0 amide bonds. The molecule has 2 rings (SSSR count). The number of hydrogen-bond acceptors (Lipinski definition) is 4. The van der Waals surface area contributed by atoms with Crippen LogP contribution in [-0.4, -0.2) is 16.5 Å². The number of aromatic nitrogens is 2. The van der Waals surface area contributed by atoms with Crippen LogP contribution in [0.5, 0.6) is 0 Å². The molecule has 0 aliphatic carbocycles. The highest BCUT2D eigenvalue weighted by Crippen LogP contribution is 2.32. The lowest BCUT2D eigenvalue weighted by Gasteiger charge is -2.16. The molecule has 0 bridgehead atoms. The Morgan fingerprint density at radius 2 is 2.05 bits per heavy atom. The molecule has 0 radical (unpaired) electrons. The van der Waals surface area contributed by atoms with E-state index in [0.717, 1.165) is 23.1 Å². The molecule has 0 aliphatic rings. The quantitative estimate of drug-likeness (QED) is 0.623. The molecule has 0 aliphatic heterocycles. The van der Waals surface area contributed by atoms with Crippen molar-refractivity contribution in [3.8, 4) is 0 Å². The summed E-state index contributed by atoms with van der Waals surface area (Å²) in [6.07, 6.45) is 1.66. The number of nitrogens with one attached hydrogen (secondary N) is 1. The predicted octanol–water partition coefficient (Wildman–Crippen LogP) is 4.63. The number of aryl methyl sites for hydroxylation is 1. The summed E-state index contributed by atoms with van der Waals surface area (Å²) in [6, 6.07) is 8.64. The van der Waals surface area contributed by atoms with E-state index in [4.69, 9.17) is 0 Å². The molecule has 1 N–H and O–H groups in total. The van der Waals surface area contributed by atoms with E-state index >= 15 is 0 Å². The molecule has 4 heteroatoms. The predicted molar refractivity (Wildman–Crippen MR) is 91.0 cm³/mol. The summed E-state index contributed by atoms with van der Waals surface area (Å²) in [5.74, 6) is 2.30. The van der Waals surface area contributed by atoms with Gasteiger partial charge in [0, 0.05) is 17.9 Å². The number of hydrogen-bond donors (Lipinski definition) is 1. The number of anilines is 1. The van der Waals surface area contributed by atoms with Gasteiger partial charge in [-0.25, -0.2) is 9.97 Å². The molecule has 1 aromatic carbocycles. The van der Waals surface area contributed by atoms with Crippen LogP contribution < -0.4 is 5.32 Å². The SMILES string of the molecule is CCNc1ncnc(SCc2cccc(C)c2)c1C(C)C. The van der Waals surface area contributed by atoms with Gasteiger partial charge in [0.05, 0.1) is 0 Å². The third kappa shape index (κ3) is 4.21. The van der Waals surface area contributed by atoms with E-state index in [9.17, 15) is 0 Å². The maximum atomic E-state index is 4.49. The lowest BCUT2D eigenvalue weighted by atomic mass is 10.1. The molecule has 0 spiro atoms. The second-order valence-corrected chi connectivity index (χ2v) is 6.37. The van der Waals surface area contributed by atoms with Gasteiger partial charge in [0.2, 0.25) is 0 Å². The zero-order valence-electron chi connectivity index (χ0n) is 13.2. The summed E-state index contributed by atoms with van der Waals surface area (Å²) in [5.41, 5.74) is 3.85. The topological polar surface area (TPSA) is 37.8 Å². The van der Waals surface area contributed by atoms with Crippen LogP contribution >= 0.6 is 11.8 Å². The van der Waals surface area contributed by atoms with Crippen molar-refractivity contribution in [1.29, 1.82) is 0 Å². The summed E-state index contributed by atoms with van der Waals surface area (Å²) in [5, 5.41) is 4.42. The molecule has 0 atom stereocenters. The highest BCUT2D eigenvalue weighted by atomic mass is 32.2. The maximum absolute atomic E-state index is 4.49. The van der Waals surface area contributed by atoms with E-state index in [-0.39, 0.29) is 0 Å². The molecule has 2 aromatic rings. The molecule has 0 unspecified atom stereocenters. The van der Waals surface area contributed by atoms with E-state index in [1.54, 1.807) is 18.1 Å². The molecule has 0 saturated heterocycles. The standard InChI is InChI=1S/C17H23N3S/c1-5-18-16-15(12(2)3)17(20-11-19-16)21-10-14-8-6-7-13(4)9-14/h6-9,11-12H,5,10H2,1-4H3,(H,18,19,20). The van der Waals surface area contributed by atoms with E-state index in [2.05, 4.69) is 67.2 Å². The fourth-order valence-corrected chi connectivity index (χ4v) is 3.37. The number of rotatable bonds is 6. The second kappa shape index (κ2) is 7.46. The fourth-order valence-electron chi connectivity index (χ4n) is 2.28. The van der Waals surface area contributed by atoms with E-state index in [0.29, 0.717) is 5.92 Å². The minimum Gasteiger partial charge on any atom is -0.370 e. The summed E-state index contributed by atoms with van der Waals surface area (Å²) in [7, 11) is 0. The minimum atomic E-state index is 0.403. The van der Waals surface area contributed by atoms with E-state index in [1.807, 2.05) is 0 Å². The first-order valence-corrected chi connectivity index (χ1v) is 8.37. The average Bonchev–Trinajstić information content (AvgIpc) is 2.45. The van der Waals surface area contributed by atoms with Gasteiger partial charge in [-0.1, -0.05) is 43.7 Å². The molecule has 21 heavy (non-hydrogen) atoms. The van der Waals surface area contributed by atoms with Gasteiger partial charge in [-0.15, -0.1) is 11.8 Å². The fraction of sp³-hybridized carbons (Fsp3) is 0.412. The minimum absolute atomic E-state index is 0.403. The highest BCUT2D eigenvalue weighted by molar-refractivity contribution is 7.98. The molecule has 1 aromatic heterocycles. The lowest BCUT2D eigenvalue weighted by molar-refractivity contribution is 0.803. The Balaban J connectivity index is 2.21. The second-order valence-electron chi connectivity index (χ2n) is 5.40. The van der Waals surface area contributed by atoms with Gasteiger partial charge >= 0.3 is 0 Å². The molecule has 1 heterocycles. The number of nitrogens with zero attached hydrogens (tertiary/aromatic N) is 2. The molecule has 3 nitrogen and oxygen atoms in total. The molecule has 112 valence electrons. The smallest absolute Gasteiger partial charge is 0.133 e. The van der Waals surface area contributed by atoms with Gasteiger partial charge in [0.1, 0.15) is 17.2 Å². The van der Waals surface area contributed by atoms with Gasteiger partial charge in [-0.3, -0.25) is 0 Å².